The lowest BCUT2D eigenvalue weighted by atomic mass is 10.2. The molecule has 11 heteroatoms. The SMILES string of the molecule is NCCCOC(=O)CNC(=O)CNC(=O)CNC(=O)CSC(=O)c1ccccc1. The van der Waals surface area contributed by atoms with Crippen molar-refractivity contribution in [3.05, 3.63) is 35.9 Å². The second-order valence-electron chi connectivity index (χ2n) is 5.64. The Hall–Kier alpha value is -2.92. The monoisotopic (exact) mass is 424 g/mol. The maximum absolute atomic E-state index is 11.9. The van der Waals surface area contributed by atoms with E-state index in [-0.39, 0.29) is 37.1 Å². The largest absolute Gasteiger partial charge is 0.464 e. The molecule has 1 aromatic rings. The van der Waals surface area contributed by atoms with Crippen LogP contribution >= 0.6 is 11.8 Å². The van der Waals surface area contributed by atoms with E-state index in [0.717, 1.165) is 11.8 Å². The molecule has 5 N–H and O–H groups in total. The molecule has 158 valence electrons. The molecule has 0 unspecified atom stereocenters. The van der Waals surface area contributed by atoms with Crippen LogP contribution < -0.4 is 21.7 Å². The predicted octanol–water partition coefficient (Wildman–Crippen LogP) is -1.20. The average molecular weight is 424 g/mol. The van der Waals surface area contributed by atoms with Crippen LogP contribution in [0.1, 0.15) is 16.8 Å². The molecule has 0 atom stereocenters. The van der Waals surface area contributed by atoms with Crippen molar-refractivity contribution in [2.75, 3.05) is 38.5 Å². The number of carbonyl (C=O) groups excluding carboxylic acids is 5. The van der Waals surface area contributed by atoms with Crippen molar-refractivity contribution in [3.8, 4) is 0 Å². The Balaban J connectivity index is 2.13. The number of nitrogens with two attached hydrogens (primary N) is 1. The minimum absolute atomic E-state index is 0.131. The number of hydrogen-bond acceptors (Lipinski definition) is 8. The number of amides is 3. The number of carbonyl (C=O) groups is 5. The van der Waals surface area contributed by atoms with Crippen LogP contribution in [-0.4, -0.2) is 67.3 Å². The Morgan fingerprint density at radius 2 is 1.45 bits per heavy atom. The molecule has 3 amide bonds. The summed E-state index contributed by atoms with van der Waals surface area (Å²) in [5.74, 6) is -2.39. The number of nitrogens with one attached hydrogen (secondary N) is 3. The molecule has 0 fully saturated rings. The summed E-state index contributed by atoms with van der Waals surface area (Å²) in [5, 5.41) is 6.69. The van der Waals surface area contributed by atoms with Crippen molar-refractivity contribution in [2.45, 2.75) is 6.42 Å². The van der Waals surface area contributed by atoms with E-state index in [1.807, 2.05) is 0 Å². The molecule has 29 heavy (non-hydrogen) atoms. The van der Waals surface area contributed by atoms with E-state index in [0.29, 0.717) is 18.5 Å². The molecule has 0 radical (unpaired) electrons. The summed E-state index contributed by atoms with van der Waals surface area (Å²) in [6.45, 7) is -0.441. The lowest BCUT2D eigenvalue weighted by Gasteiger charge is -2.08. The minimum Gasteiger partial charge on any atom is -0.464 e. The van der Waals surface area contributed by atoms with Gasteiger partial charge in [-0.25, -0.2) is 0 Å². The number of ether oxygens (including phenoxy) is 1. The predicted molar refractivity (Wildman–Crippen MR) is 107 cm³/mol. The zero-order chi connectivity index (χ0) is 21.5. The summed E-state index contributed by atoms with van der Waals surface area (Å²) in [6, 6.07) is 8.51. The van der Waals surface area contributed by atoms with Crippen molar-refractivity contribution in [2.24, 2.45) is 5.73 Å². The highest BCUT2D eigenvalue weighted by Crippen LogP contribution is 2.11. The van der Waals surface area contributed by atoms with Crippen molar-refractivity contribution in [1.82, 2.24) is 16.0 Å². The number of hydrogen-bond donors (Lipinski definition) is 4. The van der Waals surface area contributed by atoms with Crippen LogP contribution in [0.5, 0.6) is 0 Å². The van der Waals surface area contributed by atoms with Gasteiger partial charge in [0.15, 0.2) is 0 Å². The third-order valence-corrected chi connectivity index (χ3v) is 4.18. The molecule has 0 aliphatic carbocycles. The molecule has 0 aliphatic rings. The van der Waals surface area contributed by atoms with E-state index < -0.39 is 23.7 Å². The van der Waals surface area contributed by atoms with Crippen LogP contribution in [0.4, 0.5) is 0 Å². The van der Waals surface area contributed by atoms with Gasteiger partial charge in [-0.2, -0.15) is 0 Å². The molecule has 0 bridgehead atoms. The average Bonchev–Trinajstić information content (AvgIpc) is 2.73. The first-order chi connectivity index (χ1) is 13.9. The Morgan fingerprint density at radius 1 is 0.862 bits per heavy atom. The standard InChI is InChI=1S/C18H24N4O6S/c19-7-4-8-28-17(26)11-22-15(24)9-20-14(23)10-21-16(25)12-29-18(27)13-5-2-1-3-6-13/h1-3,5-6H,4,7-12,19H2,(H,20,23)(H,21,25)(H,22,24). The van der Waals surface area contributed by atoms with Crippen LogP contribution in [0.25, 0.3) is 0 Å². The molecule has 0 saturated carbocycles. The molecule has 10 nitrogen and oxygen atoms in total. The minimum atomic E-state index is -0.604. The molecular formula is C18H24N4O6S. The quantitative estimate of drug-likeness (QED) is 0.241. The first kappa shape index (κ1) is 24.1. The third-order valence-electron chi connectivity index (χ3n) is 3.28. The zero-order valence-corrected chi connectivity index (χ0v) is 16.6. The van der Waals surface area contributed by atoms with Gasteiger partial charge in [0.2, 0.25) is 22.8 Å². The highest BCUT2D eigenvalue weighted by Gasteiger charge is 2.12. The van der Waals surface area contributed by atoms with Gasteiger partial charge in [0.25, 0.3) is 0 Å². The van der Waals surface area contributed by atoms with E-state index in [2.05, 4.69) is 16.0 Å². The maximum Gasteiger partial charge on any atom is 0.325 e. The number of thioether (sulfide) groups is 1. The molecule has 1 aromatic carbocycles. The van der Waals surface area contributed by atoms with Crippen LogP contribution in [0, 0.1) is 0 Å². The van der Waals surface area contributed by atoms with Crippen molar-refractivity contribution in [1.29, 1.82) is 0 Å². The molecule has 0 spiro atoms. The molecule has 1 rings (SSSR count). The highest BCUT2D eigenvalue weighted by molar-refractivity contribution is 8.14. The fourth-order valence-corrected chi connectivity index (χ4v) is 2.48. The highest BCUT2D eigenvalue weighted by atomic mass is 32.2. The van der Waals surface area contributed by atoms with E-state index in [1.165, 1.54) is 0 Å². The lowest BCUT2D eigenvalue weighted by molar-refractivity contribution is -0.143. The number of benzene rings is 1. The third kappa shape index (κ3) is 11.5. The molecule has 0 saturated heterocycles. The summed E-state index contributed by atoms with van der Waals surface area (Å²) in [6.07, 6.45) is 0.528. The van der Waals surface area contributed by atoms with Gasteiger partial charge in [-0.15, -0.1) is 0 Å². The molecular weight excluding hydrogens is 400 g/mol. The van der Waals surface area contributed by atoms with E-state index in [1.54, 1.807) is 30.3 Å². The normalized spacial score (nSPS) is 9.97. The van der Waals surface area contributed by atoms with Gasteiger partial charge < -0.3 is 26.4 Å². The Kier molecular flexibility index (Phi) is 11.8. The fraction of sp³-hybridized carbons (Fsp3) is 0.389. The van der Waals surface area contributed by atoms with Gasteiger partial charge >= 0.3 is 5.97 Å². The fourth-order valence-electron chi connectivity index (χ4n) is 1.81. The van der Waals surface area contributed by atoms with Gasteiger partial charge in [-0.3, -0.25) is 24.0 Å². The van der Waals surface area contributed by atoms with E-state index >= 15 is 0 Å². The summed E-state index contributed by atoms with van der Waals surface area (Å²) < 4.78 is 4.80. The second kappa shape index (κ2) is 14.1. The molecule has 0 aliphatic heterocycles. The van der Waals surface area contributed by atoms with Crippen LogP contribution in [-0.2, 0) is 23.9 Å². The van der Waals surface area contributed by atoms with Gasteiger partial charge in [0.05, 0.1) is 25.4 Å². The summed E-state index contributed by atoms with van der Waals surface area (Å²) in [7, 11) is 0. The van der Waals surface area contributed by atoms with Crippen LogP contribution in [0.2, 0.25) is 0 Å². The van der Waals surface area contributed by atoms with Crippen molar-refractivity contribution in [3.63, 3.8) is 0 Å². The van der Waals surface area contributed by atoms with Crippen molar-refractivity contribution >= 4 is 40.6 Å². The second-order valence-corrected chi connectivity index (χ2v) is 6.58. The molecule has 0 heterocycles. The summed E-state index contributed by atoms with van der Waals surface area (Å²) in [4.78, 5) is 58.1. The topological polar surface area (TPSA) is 157 Å². The van der Waals surface area contributed by atoms with Gasteiger partial charge in [0, 0.05) is 5.56 Å². The lowest BCUT2D eigenvalue weighted by Crippen LogP contribution is -2.43. The summed E-state index contributed by atoms with van der Waals surface area (Å²) >= 11 is 0.826. The number of esters is 1. The van der Waals surface area contributed by atoms with Crippen LogP contribution in [0.15, 0.2) is 30.3 Å². The summed E-state index contributed by atoms with van der Waals surface area (Å²) in [5.41, 5.74) is 5.74. The smallest absolute Gasteiger partial charge is 0.325 e. The maximum atomic E-state index is 11.9. The number of rotatable bonds is 12. The van der Waals surface area contributed by atoms with Gasteiger partial charge in [-0.1, -0.05) is 42.1 Å². The first-order valence-corrected chi connectivity index (χ1v) is 9.79. The van der Waals surface area contributed by atoms with Gasteiger partial charge in [-0.05, 0) is 13.0 Å². The van der Waals surface area contributed by atoms with E-state index in [9.17, 15) is 24.0 Å². The van der Waals surface area contributed by atoms with Gasteiger partial charge in [0.1, 0.15) is 6.54 Å². The molecule has 0 aromatic heterocycles. The van der Waals surface area contributed by atoms with Crippen LogP contribution in [0.3, 0.4) is 0 Å². The zero-order valence-electron chi connectivity index (χ0n) is 15.8. The van der Waals surface area contributed by atoms with Crippen molar-refractivity contribution < 1.29 is 28.7 Å². The Morgan fingerprint density at radius 3 is 2.07 bits per heavy atom. The first-order valence-electron chi connectivity index (χ1n) is 8.80. The van der Waals surface area contributed by atoms with E-state index in [4.69, 9.17) is 10.5 Å². The Labute approximate surface area is 172 Å². The Bertz CT molecular complexity index is 714.